The van der Waals surface area contributed by atoms with Gasteiger partial charge in [0.05, 0.1) is 10.9 Å². The van der Waals surface area contributed by atoms with Gasteiger partial charge in [0.25, 0.3) is 0 Å². The molecule has 3 rings (SSSR count). The minimum Gasteiger partial charge on any atom is -0.364 e. The van der Waals surface area contributed by atoms with Crippen LogP contribution in [0.2, 0.25) is 0 Å². The molecule has 3 nitrogen and oxygen atoms in total. The van der Waals surface area contributed by atoms with Crippen LogP contribution in [0.15, 0.2) is 53.4 Å². The second-order valence-corrected chi connectivity index (χ2v) is 8.95. The maximum Gasteiger partial charge on any atom is 0.175 e. The normalized spacial score (nSPS) is 18.3. The van der Waals surface area contributed by atoms with E-state index in [2.05, 4.69) is 43.0 Å². The van der Waals surface area contributed by atoms with Gasteiger partial charge in [-0.25, -0.2) is 8.42 Å². The molecule has 1 saturated heterocycles. The standard InChI is InChI=1S/C20H25NO2S/c1-15(2)16-6-8-17(9-7-16)20-5-4-14-21(20)18-10-12-19(13-11-18)24(3,22)23/h6-13,15,20H,4-5,14H2,1-3H3. The molecule has 4 heteroatoms. The van der Waals surface area contributed by atoms with Gasteiger partial charge in [-0.15, -0.1) is 0 Å². The second-order valence-electron chi connectivity index (χ2n) is 6.94. The number of benzene rings is 2. The van der Waals surface area contributed by atoms with E-state index in [1.54, 1.807) is 12.1 Å². The molecule has 1 aliphatic rings. The number of rotatable bonds is 4. The minimum absolute atomic E-state index is 0.371. The highest BCUT2D eigenvalue weighted by atomic mass is 32.2. The van der Waals surface area contributed by atoms with E-state index in [0.717, 1.165) is 25.1 Å². The number of hydrogen-bond acceptors (Lipinski definition) is 3. The molecular weight excluding hydrogens is 318 g/mol. The number of nitrogens with zero attached hydrogens (tertiary/aromatic N) is 1. The van der Waals surface area contributed by atoms with Crippen molar-refractivity contribution in [1.82, 2.24) is 0 Å². The molecule has 24 heavy (non-hydrogen) atoms. The van der Waals surface area contributed by atoms with Crippen LogP contribution in [0.25, 0.3) is 0 Å². The fraction of sp³-hybridized carbons (Fsp3) is 0.400. The Bertz CT molecular complexity index is 793. The summed E-state index contributed by atoms with van der Waals surface area (Å²) in [4.78, 5) is 2.76. The smallest absolute Gasteiger partial charge is 0.175 e. The molecule has 0 saturated carbocycles. The quantitative estimate of drug-likeness (QED) is 0.817. The van der Waals surface area contributed by atoms with E-state index in [9.17, 15) is 8.42 Å². The van der Waals surface area contributed by atoms with Crippen molar-refractivity contribution in [3.8, 4) is 0 Å². The Hall–Kier alpha value is -1.81. The van der Waals surface area contributed by atoms with Crippen molar-refractivity contribution in [3.05, 3.63) is 59.7 Å². The van der Waals surface area contributed by atoms with Gasteiger partial charge in [-0.1, -0.05) is 38.1 Å². The first-order valence-electron chi connectivity index (χ1n) is 8.53. The van der Waals surface area contributed by atoms with E-state index < -0.39 is 9.84 Å². The monoisotopic (exact) mass is 343 g/mol. The van der Waals surface area contributed by atoms with Crippen molar-refractivity contribution < 1.29 is 8.42 Å². The molecule has 0 aromatic heterocycles. The molecule has 0 amide bonds. The molecule has 0 radical (unpaired) electrons. The zero-order valence-corrected chi connectivity index (χ0v) is 15.4. The van der Waals surface area contributed by atoms with Gasteiger partial charge in [0.15, 0.2) is 9.84 Å². The lowest BCUT2D eigenvalue weighted by Crippen LogP contribution is -2.22. The summed E-state index contributed by atoms with van der Waals surface area (Å²) in [6.07, 6.45) is 3.54. The van der Waals surface area contributed by atoms with Crippen molar-refractivity contribution in [2.75, 3.05) is 17.7 Å². The highest BCUT2D eigenvalue weighted by Gasteiger charge is 2.26. The molecule has 1 heterocycles. The molecule has 1 aliphatic heterocycles. The van der Waals surface area contributed by atoms with Gasteiger partial charge in [0.1, 0.15) is 0 Å². The zero-order valence-electron chi connectivity index (χ0n) is 14.6. The van der Waals surface area contributed by atoms with Crippen LogP contribution in [0.1, 0.15) is 49.8 Å². The van der Waals surface area contributed by atoms with Crippen LogP contribution in [-0.4, -0.2) is 21.2 Å². The number of hydrogen-bond donors (Lipinski definition) is 0. The maximum absolute atomic E-state index is 11.6. The predicted molar refractivity (Wildman–Crippen MR) is 99.4 cm³/mol. The second kappa shape index (κ2) is 6.60. The summed E-state index contributed by atoms with van der Waals surface area (Å²) >= 11 is 0. The van der Waals surface area contributed by atoms with E-state index in [1.165, 1.54) is 17.4 Å². The lowest BCUT2D eigenvalue weighted by molar-refractivity contribution is 0.602. The van der Waals surface area contributed by atoms with Crippen LogP contribution < -0.4 is 4.90 Å². The van der Waals surface area contributed by atoms with Crippen LogP contribution >= 0.6 is 0 Å². The third-order valence-electron chi connectivity index (χ3n) is 4.84. The molecule has 1 unspecified atom stereocenters. The fourth-order valence-electron chi connectivity index (χ4n) is 3.41. The molecule has 128 valence electrons. The Kier molecular flexibility index (Phi) is 4.68. The molecule has 2 aromatic rings. The topological polar surface area (TPSA) is 37.4 Å². The van der Waals surface area contributed by atoms with Crippen molar-refractivity contribution in [1.29, 1.82) is 0 Å². The van der Waals surface area contributed by atoms with Gasteiger partial charge in [0, 0.05) is 18.5 Å². The Balaban J connectivity index is 1.85. The molecule has 0 spiro atoms. The van der Waals surface area contributed by atoms with Gasteiger partial charge in [-0.3, -0.25) is 0 Å². The highest BCUT2D eigenvalue weighted by Crippen LogP contribution is 2.36. The first kappa shape index (κ1) is 17.0. The Morgan fingerprint density at radius 3 is 2.17 bits per heavy atom. The summed E-state index contributed by atoms with van der Waals surface area (Å²) in [5.41, 5.74) is 3.79. The molecule has 1 fully saturated rings. The summed E-state index contributed by atoms with van der Waals surface area (Å²) < 4.78 is 23.2. The van der Waals surface area contributed by atoms with Crippen LogP contribution in [0.4, 0.5) is 5.69 Å². The van der Waals surface area contributed by atoms with Gasteiger partial charge in [0.2, 0.25) is 0 Å². The van der Waals surface area contributed by atoms with E-state index in [-0.39, 0.29) is 0 Å². The summed E-state index contributed by atoms with van der Waals surface area (Å²) in [6, 6.07) is 16.6. The lowest BCUT2D eigenvalue weighted by Gasteiger charge is -2.27. The summed E-state index contributed by atoms with van der Waals surface area (Å²) in [5, 5.41) is 0. The molecule has 1 atom stereocenters. The zero-order chi connectivity index (χ0) is 17.3. The predicted octanol–water partition coefficient (Wildman–Crippen LogP) is 4.56. The van der Waals surface area contributed by atoms with E-state index in [0.29, 0.717) is 16.9 Å². The Morgan fingerprint density at radius 2 is 1.62 bits per heavy atom. The average molecular weight is 343 g/mol. The van der Waals surface area contributed by atoms with E-state index >= 15 is 0 Å². The third-order valence-corrected chi connectivity index (χ3v) is 5.97. The van der Waals surface area contributed by atoms with Gasteiger partial charge >= 0.3 is 0 Å². The summed E-state index contributed by atoms with van der Waals surface area (Å²) in [7, 11) is -3.14. The summed E-state index contributed by atoms with van der Waals surface area (Å²) in [5.74, 6) is 0.544. The lowest BCUT2D eigenvalue weighted by atomic mass is 9.98. The van der Waals surface area contributed by atoms with Gasteiger partial charge in [-0.2, -0.15) is 0 Å². The molecule has 0 bridgehead atoms. The van der Waals surface area contributed by atoms with Gasteiger partial charge in [-0.05, 0) is 54.2 Å². The van der Waals surface area contributed by atoms with E-state index in [1.807, 2.05) is 12.1 Å². The van der Waals surface area contributed by atoms with E-state index in [4.69, 9.17) is 0 Å². The first-order chi connectivity index (χ1) is 11.4. The van der Waals surface area contributed by atoms with Crippen molar-refractivity contribution in [3.63, 3.8) is 0 Å². The number of sulfone groups is 1. The SMILES string of the molecule is CC(C)c1ccc(C2CCCN2c2ccc(S(C)(=O)=O)cc2)cc1. The molecule has 2 aromatic carbocycles. The first-order valence-corrected chi connectivity index (χ1v) is 10.4. The van der Waals surface area contributed by atoms with Gasteiger partial charge < -0.3 is 4.90 Å². The highest BCUT2D eigenvalue weighted by molar-refractivity contribution is 7.90. The van der Waals surface area contributed by atoms with Crippen molar-refractivity contribution in [2.45, 2.75) is 43.5 Å². The third kappa shape index (κ3) is 3.48. The van der Waals surface area contributed by atoms with Crippen LogP contribution in [0.3, 0.4) is 0 Å². The number of anilines is 1. The minimum atomic E-state index is -3.14. The maximum atomic E-state index is 11.6. The van der Waals surface area contributed by atoms with Crippen LogP contribution in [0, 0.1) is 0 Å². The van der Waals surface area contributed by atoms with Crippen LogP contribution in [0.5, 0.6) is 0 Å². The Morgan fingerprint density at radius 1 is 1.00 bits per heavy atom. The molecule has 0 aliphatic carbocycles. The van der Waals surface area contributed by atoms with Crippen molar-refractivity contribution in [2.24, 2.45) is 0 Å². The summed E-state index contributed by atoms with van der Waals surface area (Å²) in [6.45, 7) is 5.43. The Labute approximate surface area is 145 Å². The van der Waals surface area contributed by atoms with Crippen LogP contribution in [-0.2, 0) is 9.84 Å². The van der Waals surface area contributed by atoms with Crippen molar-refractivity contribution >= 4 is 15.5 Å². The molecule has 0 N–H and O–H groups in total. The molecular formula is C20H25NO2S. The fourth-order valence-corrected chi connectivity index (χ4v) is 4.04. The average Bonchev–Trinajstić information content (AvgIpc) is 3.04. The largest absolute Gasteiger partial charge is 0.364 e.